The van der Waals surface area contributed by atoms with Crippen LogP contribution in [0.2, 0.25) is 0 Å². The van der Waals surface area contributed by atoms with Gasteiger partial charge < -0.3 is 9.64 Å². The lowest BCUT2D eigenvalue weighted by molar-refractivity contribution is 0.415. The van der Waals surface area contributed by atoms with E-state index in [1.807, 2.05) is 29.2 Å². The summed E-state index contributed by atoms with van der Waals surface area (Å²) in [6.07, 6.45) is 0. The molecule has 0 fully saturated rings. The standard InChI is InChI=1S/C15H13FN2O/c1-19-14-5-3-2-4-13(14)18-9-10-6-7-11(16)8-12(10)15(18)17/h2-8,17H,9H2,1H3. The number of nitrogens with zero attached hydrogens (tertiary/aromatic N) is 1. The van der Waals surface area contributed by atoms with Crippen LogP contribution in [0.15, 0.2) is 42.5 Å². The van der Waals surface area contributed by atoms with Crippen molar-refractivity contribution in [3.8, 4) is 5.75 Å². The van der Waals surface area contributed by atoms with Gasteiger partial charge in [0.15, 0.2) is 0 Å². The largest absolute Gasteiger partial charge is 0.495 e. The van der Waals surface area contributed by atoms with E-state index in [0.717, 1.165) is 11.3 Å². The second-order valence-electron chi connectivity index (χ2n) is 4.41. The molecule has 0 amide bonds. The Kier molecular flexibility index (Phi) is 2.71. The molecule has 1 aliphatic rings. The molecule has 0 saturated heterocycles. The molecule has 2 aromatic carbocycles. The Hall–Kier alpha value is -2.36. The Bertz CT molecular complexity index is 654. The maximum absolute atomic E-state index is 13.3. The predicted octanol–water partition coefficient (Wildman–Crippen LogP) is 3.18. The van der Waals surface area contributed by atoms with E-state index in [2.05, 4.69) is 0 Å². The van der Waals surface area contributed by atoms with Crippen LogP contribution in [-0.4, -0.2) is 12.9 Å². The number of halogens is 1. The van der Waals surface area contributed by atoms with Gasteiger partial charge in [-0.25, -0.2) is 4.39 Å². The van der Waals surface area contributed by atoms with Gasteiger partial charge in [0.25, 0.3) is 0 Å². The van der Waals surface area contributed by atoms with Crippen LogP contribution in [-0.2, 0) is 6.54 Å². The summed E-state index contributed by atoms with van der Waals surface area (Å²) in [6, 6.07) is 12.1. The van der Waals surface area contributed by atoms with Crippen LogP contribution in [0.3, 0.4) is 0 Å². The topological polar surface area (TPSA) is 36.3 Å². The Labute approximate surface area is 110 Å². The van der Waals surface area contributed by atoms with Crippen molar-refractivity contribution in [3.63, 3.8) is 0 Å². The number of amidine groups is 1. The van der Waals surface area contributed by atoms with Gasteiger partial charge >= 0.3 is 0 Å². The second kappa shape index (κ2) is 4.39. The van der Waals surface area contributed by atoms with Crippen molar-refractivity contribution in [3.05, 3.63) is 59.4 Å². The van der Waals surface area contributed by atoms with Gasteiger partial charge in [0.05, 0.1) is 19.3 Å². The summed E-state index contributed by atoms with van der Waals surface area (Å²) in [7, 11) is 1.60. The molecule has 0 saturated carbocycles. The summed E-state index contributed by atoms with van der Waals surface area (Å²) in [6.45, 7) is 0.564. The number of methoxy groups -OCH3 is 1. The number of benzene rings is 2. The van der Waals surface area contributed by atoms with E-state index < -0.39 is 0 Å². The van der Waals surface area contributed by atoms with Crippen LogP contribution >= 0.6 is 0 Å². The molecule has 1 heterocycles. The van der Waals surface area contributed by atoms with Gasteiger partial charge in [-0.05, 0) is 29.8 Å². The Morgan fingerprint density at radius 3 is 2.79 bits per heavy atom. The highest BCUT2D eigenvalue weighted by molar-refractivity contribution is 6.12. The van der Waals surface area contributed by atoms with Gasteiger partial charge in [-0.2, -0.15) is 0 Å². The van der Waals surface area contributed by atoms with Gasteiger partial charge in [-0.3, -0.25) is 5.41 Å². The first-order valence-corrected chi connectivity index (χ1v) is 5.98. The van der Waals surface area contributed by atoms with E-state index in [1.165, 1.54) is 12.1 Å². The Balaban J connectivity index is 2.04. The van der Waals surface area contributed by atoms with Crippen LogP contribution in [0, 0.1) is 11.2 Å². The number of fused-ring (bicyclic) bond motifs is 1. The summed E-state index contributed by atoms with van der Waals surface area (Å²) in [5.74, 6) is 0.699. The number of anilines is 1. The third-order valence-corrected chi connectivity index (χ3v) is 3.30. The van der Waals surface area contributed by atoms with Crippen LogP contribution in [0.1, 0.15) is 11.1 Å². The van der Waals surface area contributed by atoms with Crippen molar-refractivity contribution in [2.45, 2.75) is 6.54 Å². The van der Waals surface area contributed by atoms with E-state index in [0.29, 0.717) is 23.7 Å². The molecule has 3 nitrogen and oxygen atoms in total. The first kappa shape index (κ1) is 11.7. The molecule has 96 valence electrons. The molecule has 1 aliphatic heterocycles. The summed E-state index contributed by atoms with van der Waals surface area (Å²) < 4.78 is 18.6. The molecule has 0 radical (unpaired) electrons. The average Bonchev–Trinajstić information content (AvgIpc) is 2.76. The number of nitrogens with one attached hydrogen (secondary N) is 1. The lowest BCUT2D eigenvalue weighted by Crippen LogP contribution is -2.23. The molecular weight excluding hydrogens is 243 g/mol. The van der Waals surface area contributed by atoms with Crippen molar-refractivity contribution in [1.29, 1.82) is 5.41 Å². The molecule has 3 rings (SSSR count). The fraction of sp³-hybridized carbons (Fsp3) is 0.133. The van der Waals surface area contributed by atoms with Crippen molar-refractivity contribution in [2.75, 3.05) is 12.0 Å². The minimum absolute atomic E-state index is 0.305. The van der Waals surface area contributed by atoms with Crippen molar-refractivity contribution in [1.82, 2.24) is 0 Å². The van der Waals surface area contributed by atoms with Gasteiger partial charge in [0.1, 0.15) is 17.4 Å². The number of para-hydroxylation sites is 2. The zero-order valence-corrected chi connectivity index (χ0v) is 10.5. The molecular formula is C15H13FN2O. The molecule has 2 aromatic rings. The minimum Gasteiger partial charge on any atom is -0.495 e. The van der Waals surface area contributed by atoms with Crippen molar-refractivity contribution in [2.24, 2.45) is 0 Å². The smallest absolute Gasteiger partial charge is 0.142 e. The average molecular weight is 256 g/mol. The summed E-state index contributed by atoms with van der Waals surface area (Å²) in [5.41, 5.74) is 2.43. The van der Waals surface area contributed by atoms with E-state index in [-0.39, 0.29) is 5.82 Å². The van der Waals surface area contributed by atoms with Gasteiger partial charge in [-0.1, -0.05) is 18.2 Å². The lowest BCUT2D eigenvalue weighted by Gasteiger charge is -2.20. The first-order valence-electron chi connectivity index (χ1n) is 5.98. The number of hydrogen-bond acceptors (Lipinski definition) is 2. The first-order chi connectivity index (χ1) is 9.20. The molecule has 0 unspecified atom stereocenters. The van der Waals surface area contributed by atoms with Crippen LogP contribution in [0.5, 0.6) is 5.75 Å². The summed E-state index contributed by atoms with van der Waals surface area (Å²) in [5, 5.41) is 8.20. The minimum atomic E-state index is -0.314. The summed E-state index contributed by atoms with van der Waals surface area (Å²) in [4.78, 5) is 1.82. The molecule has 19 heavy (non-hydrogen) atoms. The SMILES string of the molecule is COc1ccccc1N1Cc2ccc(F)cc2C1=N. The highest BCUT2D eigenvalue weighted by atomic mass is 19.1. The third-order valence-electron chi connectivity index (χ3n) is 3.30. The zero-order valence-electron chi connectivity index (χ0n) is 10.5. The quantitative estimate of drug-likeness (QED) is 0.895. The van der Waals surface area contributed by atoms with Gasteiger partial charge in [-0.15, -0.1) is 0 Å². The summed E-state index contributed by atoms with van der Waals surface area (Å²) >= 11 is 0. The van der Waals surface area contributed by atoms with E-state index in [4.69, 9.17) is 10.1 Å². The van der Waals surface area contributed by atoms with Crippen LogP contribution in [0.4, 0.5) is 10.1 Å². The Morgan fingerprint density at radius 2 is 2.00 bits per heavy atom. The fourth-order valence-corrected chi connectivity index (χ4v) is 2.36. The van der Waals surface area contributed by atoms with Crippen molar-refractivity contribution < 1.29 is 9.13 Å². The maximum atomic E-state index is 13.3. The van der Waals surface area contributed by atoms with Crippen molar-refractivity contribution >= 4 is 11.5 Å². The molecule has 0 aliphatic carbocycles. The highest BCUT2D eigenvalue weighted by Gasteiger charge is 2.27. The molecule has 0 aromatic heterocycles. The molecule has 4 heteroatoms. The van der Waals surface area contributed by atoms with Crippen LogP contribution < -0.4 is 9.64 Å². The third kappa shape index (κ3) is 1.85. The molecule has 0 atom stereocenters. The molecule has 1 N–H and O–H groups in total. The molecule has 0 bridgehead atoms. The second-order valence-corrected chi connectivity index (χ2v) is 4.41. The maximum Gasteiger partial charge on any atom is 0.142 e. The van der Waals surface area contributed by atoms with Gasteiger partial charge in [0.2, 0.25) is 0 Å². The number of ether oxygens (including phenoxy) is 1. The van der Waals surface area contributed by atoms with Gasteiger partial charge in [0, 0.05) is 5.56 Å². The predicted molar refractivity (Wildman–Crippen MR) is 72.4 cm³/mol. The lowest BCUT2D eigenvalue weighted by atomic mass is 10.1. The van der Waals surface area contributed by atoms with E-state index in [9.17, 15) is 4.39 Å². The van der Waals surface area contributed by atoms with E-state index >= 15 is 0 Å². The number of rotatable bonds is 2. The normalized spacial score (nSPS) is 13.6. The van der Waals surface area contributed by atoms with Crippen LogP contribution in [0.25, 0.3) is 0 Å². The Morgan fingerprint density at radius 1 is 1.21 bits per heavy atom. The number of hydrogen-bond donors (Lipinski definition) is 1. The highest BCUT2D eigenvalue weighted by Crippen LogP contribution is 2.34. The fourth-order valence-electron chi connectivity index (χ4n) is 2.36. The monoisotopic (exact) mass is 256 g/mol. The zero-order chi connectivity index (χ0) is 13.4. The van der Waals surface area contributed by atoms with E-state index in [1.54, 1.807) is 13.2 Å². The molecule has 0 spiro atoms.